The standard InChI is InChI=1S/C31H42N/c1-6-26(28-14-10-8-11-15-28)22-31(23-27(7-2)29-16-12-9-13-17-29)30-20-18-25(19-21-30)24-32(3,4)5/h8-21,26-27,31H,6-7,22-24H2,1-5H3/q+1. The first kappa shape index (κ1) is 24.3. The molecule has 3 rings (SSSR count). The summed E-state index contributed by atoms with van der Waals surface area (Å²) in [7, 11) is 6.77. The van der Waals surface area contributed by atoms with E-state index in [-0.39, 0.29) is 0 Å². The van der Waals surface area contributed by atoms with Crippen molar-refractivity contribution in [1.82, 2.24) is 0 Å². The number of benzene rings is 3. The maximum atomic E-state index is 2.41. The zero-order valence-corrected chi connectivity index (χ0v) is 20.8. The molecule has 1 heteroatoms. The van der Waals surface area contributed by atoms with Gasteiger partial charge >= 0.3 is 0 Å². The molecule has 0 amide bonds. The van der Waals surface area contributed by atoms with Gasteiger partial charge < -0.3 is 4.48 Å². The van der Waals surface area contributed by atoms with E-state index in [0.29, 0.717) is 17.8 Å². The van der Waals surface area contributed by atoms with E-state index in [1.54, 1.807) is 0 Å². The summed E-state index contributed by atoms with van der Waals surface area (Å²) >= 11 is 0. The molecule has 32 heavy (non-hydrogen) atoms. The van der Waals surface area contributed by atoms with E-state index in [1.807, 2.05) is 0 Å². The first-order chi connectivity index (χ1) is 15.4. The summed E-state index contributed by atoms with van der Waals surface area (Å²) in [6, 6.07) is 31.8. The third-order valence-electron chi connectivity index (χ3n) is 6.77. The van der Waals surface area contributed by atoms with Crippen molar-refractivity contribution in [1.29, 1.82) is 0 Å². The van der Waals surface area contributed by atoms with Crippen LogP contribution in [0, 0.1) is 0 Å². The lowest BCUT2D eigenvalue weighted by Gasteiger charge is -2.28. The Morgan fingerprint density at radius 2 is 0.938 bits per heavy atom. The van der Waals surface area contributed by atoms with Gasteiger partial charge in [0.15, 0.2) is 0 Å². The molecular weight excluding hydrogens is 386 g/mol. The van der Waals surface area contributed by atoms with Crippen LogP contribution in [0.2, 0.25) is 0 Å². The van der Waals surface area contributed by atoms with E-state index in [4.69, 9.17) is 0 Å². The fourth-order valence-electron chi connectivity index (χ4n) is 5.03. The second-order valence-corrected chi connectivity index (χ2v) is 10.4. The minimum absolute atomic E-state index is 0.559. The third-order valence-corrected chi connectivity index (χ3v) is 6.77. The van der Waals surface area contributed by atoms with Gasteiger partial charge in [-0.25, -0.2) is 0 Å². The van der Waals surface area contributed by atoms with E-state index in [0.717, 1.165) is 11.0 Å². The summed E-state index contributed by atoms with van der Waals surface area (Å²) in [6.45, 7) is 5.75. The average molecular weight is 429 g/mol. The van der Waals surface area contributed by atoms with Crippen LogP contribution in [0.4, 0.5) is 0 Å². The lowest BCUT2D eigenvalue weighted by molar-refractivity contribution is -0.884. The first-order valence-corrected chi connectivity index (χ1v) is 12.4. The van der Waals surface area contributed by atoms with Crippen molar-refractivity contribution in [3.05, 3.63) is 107 Å². The fourth-order valence-corrected chi connectivity index (χ4v) is 5.03. The molecule has 1 nitrogen and oxygen atoms in total. The van der Waals surface area contributed by atoms with Gasteiger partial charge in [0.05, 0.1) is 21.1 Å². The van der Waals surface area contributed by atoms with Gasteiger partial charge in [-0.05, 0) is 60.1 Å². The molecule has 0 aromatic heterocycles. The highest BCUT2D eigenvalue weighted by molar-refractivity contribution is 5.28. The quantitative estimate of drug-likeness (QED) is 0.270. The molecule has 0 heterocycles. The maximum absolute atomic E-state index is 2.41. The van der Waals surface area contributed by atoms with Crippen molar-refractivity contribution in [2.75, 3.05) is 21.1 Å². The zero-order chi connectivity index (χ0) is 23.0. The largest absolute Gasteiger partial charge is 0.327 e. The van der Waals surface area contributed by atoms with Crippen LogP contribution in [0.15, 0.2) is 84.9 Å². The van der Waals surface area contributed by atoms with Crippen molar-refractivity contribution in [2.45, 2.75) is 63.8 Å². The lowest BCUT2D eigenvalue weighted by Crippen LogP contribution is -2.33. The van der Waals surface area contributed by atoms with Gasteiger partial charge in [-0.3, -0.25) is 0 Å². The normalized spacial score (nSPS) is 14.7. The smallest absolute Gasteiger partial charge is 0.104 e. The predicted octanol–water partition coefficient (Wildman–Crippen LogP) is 8.14. The Morgan fingerprint density at radius 1 is 0.531 bits per heavy atom. The van der Waals surface area contributed by atoms with Crippen LogP contribution in [-0.2, 0) is 6.54 Å². The van der Waals surface area contributed by atoms with Crippen molar-refractivity contribution in [2.24, 2.45) is 0 Å². The minimum atomic E-state index is 0.559. The molecule has 0 aliphatic heterocycles. The van der Waals surface area contributed by atoms with Crippen molar-refractivity contribution >= 4 is 0 Å². The molecule has 0 N–H and O–H groups in total. The van der Waals surface area contributed by atoms with Gasteiger partial charge in [0.25, 0.3) is 0 Å². The molecule has 0 aliphatic carbocycles. The Bertz CT molecular complexity index is 857. The molecule has 3 aromatic carbocycles. The van der Waals surface area contributed by atoms with Crippen LogP contribution in [0.5, 0.6) is 0 Å². The second kappa shape index (κ2) is 11.5. The SMILES string of the molecule is CCC(CC(CC(CC)c1ccccc1)c1ccc(C[N+](C)(C)C)cc1)c1ccccc1. The summed E-state index contributed by atoms with van der Waals surface area (Å²) < 4.78 is 0.959. The molecule has 2 unspecified atom stereocenters. The van der Waals surface area contributed by atoms with E-state index in [2.05, 4.69) is 120 Å². The maximum Gasteiger partial charge on any atom is 0.104 e. The van der Waals surface area contributed by atoms with Crippen LogP contribution in [0.3, 0.4) is 0 Å². The monoisotopic (exact) mass is 428 g/mol. The first-order valence-electron chi connectivity index (χ1n) is 12.4. The molecule has 2 atom stereocenters. The van der Waals surface area contributed by atoms with Crippen LogP contribution in [-0.4, -0.2) is 25.6 Å². The predicted molar refractivity (Wildman–Crippen MR) is 139 cm³/mol. The van der Waals surface area contributed by atoms with Gasteiger partial charge in [-0.2, -0.15) is 0 Å². The summed E-state index contributed by atoms with van der Waals surface area (Å²) in [5.41, 5.74) is 5.88. The molecule has 0 radical (unpaired) electrons. The van der Waals surface area contributed by atoms with E-state index in [9.17, 15) is 0 Å². The van der Waals surface area contributed by atoms with E-state index in [1.165, 1.54) is 47.9 Å². The molecular formula is C31H42N+. The number of quaternary nitrogens is 1. The van der Waals surface area contributed by atoms with E-state index < -0.39 is 0 Å². The van der Waals surface area contributed by atoms with Crippen molar-refractivity contribution in [3.63, 3.8) is 0 Å². The molecule has 0 bridgehead atoms. The van der Waals surface area contributed by atoms with Gasteiger partial charge in [-0.1, -0.05) is 98.8 Å². The van der Waals surface area contributed by atoms with Gasteiger partial charge in [0.2, 0.25) is 0 Å². The highest BCUT2D eigenvalue weighted by Gasteiger charge is 2.23. The van der Waals surface area contributed by atoms with E-state index >= 15 is 0 Å². The summed E-state index contributed by atoms with van der Waals surface area (Å²) in [4.78, 5) is 0. The van der Waals surface area contributed by atoms with Crippen molar-refractivity contribution < 1.29 is 4.48 Å². The zero-order valence-electron chi connectivity index (χ0n) is 20.8. The Labute approximate surface area is 196 Å². The summed E-state index contributed by atoms with van der Waals surface area (Å²) in [6.07, 6.45) is 4.78. The third kappa shape index (κ3) is 7.07. The summed E-state index contributed by atoms with van der Waals surface area (Å²) in [5, 5.41) is 0. The number of hydrogen-bond donors (Lipinski definition) is 0. The molecule has 0 spiro atoms. The van der Waals surface area contributed by atoms with Gasteiger partial charge in [0.1, 0.15) is 6.54 Å². The molecule has 0 fully saturated rings. The Kier molecular flexibility index (Phi) is 8.70. The highest BCUT2D eigenvalue weighted by atomic mass is 15.3. The molecule has 170 valence electrons. The second-order valence-electron chi connectivity index (χ2n) is 10.4. The van der Waals surface area contributed by atoms with Crippen LogP contribution in [0.25, 0.3) is 0 Å². The number of rotatable bonds is 11. The fraction of sp³-hybridized carbons (Fsp3) is 0.419. The van der Waals surface area contributed by atoms with Crippen LogP contribution >= 0.6 is 0 Å². The van der Waals surface area contributed by atoms with Crippen molar-refractivity contribution in [3.8, 4) is 0 Å². The Balaban J connectivity index is 1.88. The topological polar surface area (TPSA) is 0 Å². The van der Waals surface area contributed by atoms with Gasteiger partial charge in [0, 0.05) is 5.56 Å². The molecule has 0 aliphatic rings. The molecule has 0 saturated carbocycles. The average Bonchev–Trinajstić information content (AvgIpc) is 2.80. The highest BCUT2D eigenvalue weighted by Crippen LogP contribution is 2.39. The Hall–Kier alpha value is -2.38. The lowest BCUT2D eigenvalue weighted by atomic mass is 9.77. The Morgan fingerprint density at radius 3 is 1.31 bits per heavy atom. The van der Waals surface area contributed by atoms with Gasteiger partial charge in [-0.15, -0.1) is 0 Å². The molecule has 0 saturated heterocycles. The van der Waals surface area contributed by atoms with Crippen LogP contribution < -0.4 is 0 Å². The number of hydrogen-bond acceptors (Lipinski definition) is 0. The minimum Gasteiger partial charge on any atom is -0.327 e. The number of nitrogens with zero attached hydrogens (tertiary/aromatic N) is 1. The van der Waals surface area contributed by atoms with Crippen LogP contribution in [0.1, 0.15) is 79.5 Å². The molecule has 3 aromatic rings. The summed E-state index contributed by atoms with van der Waals surface area (Å²) in [5.74, 6) is 1.75.